The number of hydrogen-bond acceptors (Lipinski definition) is 3. The predicted octanol–water partition coefficient (Wildman–Crippen LogP) is 4.58. The van der Waals surface area contributed by atoms with Crippen molar-refractivity contribution >= 4 is 28.0 Å². The van der Waals surface area contributed by atoms with Gasteiger partial charge in [-0.3, -0.25) is 0 Å². The van der Waals surface area contributed by atoms with Crippen molar-refractivity contribution < 1.29 is 0 Å². The third-order valence-corrected chi connectivity index (χ3v) is 3.84. The molecule has 0 aromatic carbocycles. The zero-order valence-electron chi connectivity index (χ0n) is 9.49. The van der Waals surface area contributed by atoms with Gasteiger partial charge in [-0.05, 0) is 24.7 Å². The van der Waals surface area contributed by atoms with Crippen molar-refractivity contribution in [3.05, 3.63) is 34.1 Å². The van der Waals surface area contributed by atoms with Gasteiger partial charge in [-0.25, -0.2) is 4.98 Å². The molecule has 0 aliphatic heterocycles. The van der Waals surface area contributed by atoms with Gasteiger partial charge in [0, 0.05) is 16.0 Å². The first-order valence-electron chi connectivity index (χ1n) is 5.05. The number of thiazole rings is 1. The molecule has 0 aliphatic carbocycles. The predicted molar refractivity (Wildman–Crippen MR) is 72.1 cm³/mol. The Kier molecular flexibility index (Phi) is 5.12. The number of nitrogens with zero attached hydrogens (tertiary/aromatic N) is 1. The summed E-state index contributed by atoms with van der Waals surface area (Å²) < 4.78 is 0. The lowest BCUT2D eigenvalue weighted by Crippen LogP contribution is -1.89. The minimum Gasteiger partial charge on any atom is -0.244 e. The molecule has 0 bridgehead atoms. The molecule has 1 aromatic rings. The van der Waals surface area contributed by atoms with E-state index in [0.717, 1.165) is 16.3 Å². The topological polar surface area (TPSA) is 12.9 Å². The standard InChI is InChI=1S/C12H17NS2/c1-5-6-14-10(4)12-13-8-11(15-12)7-9(2)3/h5-6,8-9H,4,7H2,1-3H3/b6-5-. The van der Waals surface area contributed by atoms with Crippen molar-refractivity contribution in [2.75, 3.05) is 0 Å². The van der Waals surface area contributed by atoms with Crippen molar-refractivity contribution in [3.63, 3.8) is 0 Å². The molecule has 1 heterocycles. The van der Waals surface area contributed by atoms with Gasteiger partial charge in [0.2, 0.25) is 0 Å². The van der Waals surface area contributed by atoms with Crippen LogP contribution in [-0.4, -0.2) is 4.98 Å². The van der Waals surface area contributed by atoms with Crippen LogP contribution in [0.5, 0.6) is 0 Å². The lowest BCUT2D eigenvalue weighted by atomic mass is 10.1. The van der Waals surface area contributed by atoms with Gasteiger partial charge in [0.15, 0.2) is 0 Å². The Morgan fingerprint density at radius 1 is 1.67 bits per heavy atom. The molecule has 1 nitrogen and oxygen atoms in total. The van der Waals surface area contributed by atoms with Crippen LogP contribution in [0, 0.1) is 5.92 Å². The van der Waals surface area contributed by atoms with Crippen LogP contribution in [0.2, 0.25) is 0 Å². The zero-order valence-corrected chi connectivity index (χ0v) is 11.1. The van der Waals surface area contributed by atoms with Gasteiger partial charge >= 0.3 is 0 Å². The van der Waals surface area contributed by atoms with E-state index < -0.39 is 0 Å². The summed E-state index contributed by atoms with van der Waals surface area (Å²) in [6, 6.07) is 0. The molecule has 0 amide bonds. The summed E-state index contributed by atoms with van der Waals surface area (Å²) in [4.78, 5) is 6.77. The Morgan fingerprint density at radius 3 is 3.00 bits per heavy atom. The van der Waals surface area contributed by atoms with E-state index in [-0.39, 0.29) is 0 Å². The van der Waals surface area contributed by atoms with Crippen molar-refractivity contribution in [2.45, 2.75) is 27.2 Å². The van der Waals surface area contributed by atoms with E-state index >= 15 is 0 Å². The Balaban J connectivity index is 2.62. The van der Waals surface area contributed by atoms with E-state index in [1.165, 1.54) is 4.88 Å². The maximum absolute atomic E-state index is 4.39. The highest BCUT2D eigenvalue weighted by Gasteiger charge is 2.06. The average Bonchev–Trinajstić information content (AvgIpc) is 2.61. The van der Waals surface area contributed by atoms with E-state index in [0.29, 0.717) is 5.92 Å². The van der Waals surface area contributed by atoms with Crippen LogP contribution in [0.4, 0.5) is 0 Å². The summed E-state index contributed by atoms with van der Waals surface area (Å²) in [6.45, 7) is 10.5. The molecule has 82 valence electrons. The van der Waals surface area contributed by atoms with Crippen LogP contribution < -0.4 is 0 Å². The average molecular weight is 239 g/mol. The number of rotatable bonds is 5. The number of allylic oxidation sites excluding steroid dienone is 1. The van der Waals surface area contributed by atoms with Gasteiger partial charge in [-0.1, -0.05) is 38.3 Å². The third kappa shape index (κ3) is 4.22. The molecule has 0 N–H and O–H groups in total. The van der Waals surface area contributed by atoms with Gasteiger partial charge in [-0.2, -0.15) is 0 Å². The fourth-order valence-electron chi connectivity index (χ4n) is 1.13. The summed E-state index contributed by atoms with van der Waals surface area (Å²) in [5.41, 5.74) is 0. The summed E-state index contributed by atoms with van der Waals surface area (Å²) >= 11 is 3.39. The molecule has 0 spiro atoms. The highest BCUT2D eigenvalue weighted by Crippen LogP contribution is 2.30. The lowest BCUT2D eigenvalue weighted by Gasteiger charge is -1.99. The summed E-state index contributed by atoms with van der Waals surface area (Å²) in [5, 5.41) is 3.08. The van der Waals surface area contributed by atoms with Crippen molar-refractivity contribution in [1.82, 2.24) is 4.98 Å². The highest BCUT2D eigenvalue weighted by molar-refractivity contribution is 8.11. The fraction of sp³-hybridized carbons (Fsp3) is 0.417. The van der Waals surface area contributed by atoms with Crippen LogP contribution in [-0.2, 0) is 6.42 Å². The van der Waals surface area contributed by atoms with Crippen molar-refractivity contribution in [1.29, 1.82) is 0 Å². The Bertz CT molecular complexity index is 350. The molecule has 0 fully saturated rings. The second-order valence-electron chi connectivity index (χ2n) is 3.74. The molecule has 1 aromatic heterocycles. The van der Waals surface area contributed by atoms with Crippen LogP contribution in [0.25, 0.3) is 4.91 Å². The van der Waals surface area contributed by atoms with Crippen LogP contribution in [0.15, 0.2) is 24.3 Å². The van der Waals surface area contributed by atoms with Crippen molar-refractivity contribution in [2.24, 2.45) is 5.92 Å². The molecule has 0 unspecified atom stereocenters. The first-order chi connectivity index (χ1) is 7.13. The second-order valence-corrected chi connectivity index (χ2v) is 5.86. The minimum atomic E-state index is 0.690. The number of hydrogen-bond donors (Lipinski definition) is 0. The Morgan fingerprint density at radius 2 is 2.40 bits per heavy atom. The van der Waals surface area contributed by atoms with Crippen LogP contribution >= 0.6 is 23.1 Å². The molecule has 15 heavy (non-hydrogen) atoms. The quantitative estimate of drug-likeness (QED) is 0.746. The molecule has 0 aliphatic rings. The number of aromatic nitrogens is 1. The van der Waals surface area contributed by atoms with Gasteiger partial charge in [0.05, 0.1) is 0 Å². The molecule has 0 atom stereocenters. The normalized spacial score (nSPS) is 11.5. The smallest absolute Gasteiger partial charge is 0.129 e. The Labute approximate surface area is 100 Å². The first kappa shape index (κ1) is 12.5. The first-order valence-corrected chi connectivity index (χ1v) is 6.75. The third-order valence-electron chi connectivity index (χ3n) is 1.75. The maximum Gasteiger partial charge on any atom is 0.129 e. The van der Waals surface area contributed by atoms with E-state index in [9.17, 15) is 0 Å². The minimum absolute atomic E-state index is 0.690. The SMILES string of the molecule is C=C(S/C=C\C)c1ncc(CC(C)C)s1. The maximum atomic E-state index is 4.39. The largest absolute Gasteiger partial charge is 0.244 e. The van der Waals surface area contributed by atoms with Gasteiger partial charge in [0.25, 0.3) is 0 Å². The molecular weight excluding hydrogens is 222 g/mol. The summed E-state index contributed by atoms with van der Waals surface area (Å²) in [5.74, 6) is 0.690. The Hall–Kier alpha value is -0.540. The van der Waals surface area contributed by atoms with E-state index in [1.54, 1.807) is 23.1 Å². The number of thioether (sulfide) groups is 1. The van der Waals surface area contributed by atoms with E-state index in [2.05, 4.69) is 25.4 Å². The molecule has 0 radical (unpaired) electrons. The van der Waals surface area contributed by atoms with Crippen molar-refractivity contribution in [3.8, 4) is 0 Å². The van der Waals surface area contributed by atoms with E-state index in [1.807, 2.05) is 24.6 Å². The van der Waals surface area contributed by atoms with Crippen LogP contribution in [0.3, 0.4) is 0 Å². The molecule has 0 saturated heterocycles. The summed E-state index contributed by atoms with van der Waals surface area (Å²) in [6.07, 6.45) is 5.10. The molecular formula is C12H17NS2. The monoisotopic (exact) mass is 239 g/mol. The molecule has 1 rings (SSSR count). The zero-order chi connectivity index (χ0) is 11.3. The molecule has 0 saturated carbocycles. The lowest BCUT2D eigenvalue weighted by molar-refractivity contribution is 0.653. The van der Waals surface area contributed by atoms with Gasteiger partial charge in [0.1, 0.15) is 5.01 Å². The van der Waals surface area contributed by atoms with Crippen LogP contribution in [0.1, 0.15) is 30.7 Å². The van der Waals surface area contributed by atoms with Gasteiger partial charge in [-0.15, -0.1) is 11.3 Å². The molecule has 3 heteroatoms. The second kappa shape index (κ2) is 6.13. The van der Waals surface area contributed by atoms with E-state index in [4.69, 9.17) is 0 Å². The summed E-state index contributed by atoms with van der Waals surface area (Å²) in [7, 11) is 0. The highest BCUT2D eigenvalue weighted by atomic mass is 32.2. The fourth-order valence-corrected chi connectivity index (χ4v) is 2.85. The van der Waals surface area contributed by atoms with Gasteiger partial charge < -0.3 is 0 Å².